The van der Waals surface area contributed by atoms with Crippen LogP contribution >= 0.6 is 11.6 Å². The number of carbonyl (C=O) groups is 1. The van der Waals surface area contributed by atoms with Gasteiger partial charge in [-0.05, 0) is 42.2 Å². The van der Waals surface area contributed by atoms with Gasteiger partial charge >= 0.3 is 5.97 Å². The second-order valence-electron chi connectivity index (χ2n) is 5.72. The molecule has 1 unspecified atom stereocenters. The molecule has 1 aliphatic rings. The molecule has 4 nitrogen and oxygen atoms in total. The Kier molecular flexibility index (Phi) is 4.18. The summed E-state index contributed by atoms with van der Waals surface area (Å²) in [5.74, 6) is -0.151. The minimum atomic E-state index is -0.339. The van der Waals surface area contributed by atoms with Crippen LogP contribution in [-0.4, -0.2) is 25.2 Å². The first kappa shape index (κ1) is 15.7. The third-order valence-corrected chi connectivity index (χ3v) is 4.62. The van der Waals surface area contributed by atoms with Crippen LogP contribution in [0.25, 0.3) is 0 Å². The molecule has 0 saturated heterocycles. The van der Waals surface area contributed by atoms with Crippen LogP contribution in [0.2, 0.25) is 5.02 Å². The van der Waals surface area contributed by atoms with Gasteiger partial charge in [0.2, 0.25) is 0 Å². The number of benzene rings is 2. The molecule has 2 aromatic carbocycles. The average Bonchev–Trinajstić information content (AvgIpc) is 2.53. The number of hydrogen-bond acceptors (Lipinski definition) is 4. The van der Waals surface area contributed by atoms with Crippen LogP contribution in [0, 0.1) is 0 Å². The standard InChI is InChI=1S/C18H18ClNO3/c1-20-16(11-4-3-5-13(8-11)18(22)23-2)7-6-12-9-14(21)10-15(19)17(12)20/h3-5,8-10,16,21H,6-7H2,1-2H3. The maximum atomic E-state index is 11.7. The fourth-order valence-electron chi connectivity index (χ4n) is 3.25. The Hall–Kier alpha value is -2.20. The predicted octanol–water partition coefficient (Wildman–Crippen LogP) is 3.96. The fourth-order valence-corrected chi connectivity index (χ4v) is 3.61. The number of esters is 1. The number of nitrogens with zero attached hydrogens (tertiary/aromatic N) is 1. The molecule has 23 heavy (non-hydrogen) atoms. The molecule has 0 radical (unpaired) electrons. The van der Waals surface area contributed by atoms with Gasteiger partial charge in [0.15, 0.2) is 0 Å². The van der Waals surface area contributed by atoms with E-state index in [4.69, 9.17) is 16.3 Å². The monoisotopic (exact) mass is 331 g/mol. The van der Waals surface area contributed by atoms with Crippen molar-refractivity contribution >= 4 is 23.3 Å². The summed E-state index contributed by atoms with van der Waals surface area (Å²) >= 11 is 6.32. The zero-order valence-corrected chi connectivity index (χ0v) is 13.8. The van der Waals surface area contributed by atoms with Crippen LogP contribution in [0.1, 0.15) is 33.9 Å². The summed E-state index contributed by atoms with van der Waals surface area (Å²) < 4.78 is 4.79. The molecule has 120 valence electrons. The normalized spacial score (nSPS) is 16.8. The zero-order chi connectivity index (χ0) is 16.6. The number of aromatic hydroxyl groups is 1. The number of methoxy groups -OCH3 is 1. The van der Waals surface area contributed by atoms with Crippen molar-refractivity contribution in [2.75, 3.05) is 19.1 Å². The second kappa shape index (κ2) is 6.13. The molecule has 0 aliphatic carbocycles. The van der Waals surface area contributed by atoms with Crippen LogP contribution in [0.4, 0.5) is 5.69 Å². The third-order valence-electron chi connectivity index (χ3n) is 4.33. The van der Waals surface area contributed by atoms with Gasteiger partial charge in [0, 0.05) is 13.1 Å². The molecule has 0 fully saturated rings. The highest BCUT2D eigenvalue weighted by molar-refractivity contribution is 6.33. The van der Waals surface area contributed by atoms with Crippen molar-refractivity contribution in [3.05, 3.63) is 58.1 Å². The SMILES string of the molecule is COC(=O)c1cccc(C2CCc3cc(O)cc(Cl)c3N2C)c1. The molecule has 5 heteroatoms. The van der Waals surface area contributed by atoms with E-state index in [1.165, 1.54) is 7.11 Å². The molecule has 1 heterocycles. The summed E-state index contributed by atoms with van der Waals surface area (Å²) in [6, 6.07) is 10.9. The maximum absolute atomic E-state index is 11.7. The van der Waals surface area contributed by atoms with Crippen LogP contribution in [0.5, 0.6) is 5.75 Å². The number of aryl methyl sites for hydroxylation is 1. The summed E-state index contributed by atoms with van der Waals surface area (Å²) in [5.41, 5.74) is 3.56. The number of halogens is 1. The largest absolute Gasteiger partial charge is 0.508 e. The molecular weight excluding hydrogens is 314 g/mol. The molecule has 0 aromatic heterocycles. The number of rotatable bonds is 2. The van der Waals surface area contributed by atoms with Crippen molar-refractivity contribution in [2.45, 2.75) is 18.9 Å². The first-order chi connectivity index (χ1) is 11.0. The Balaban J connectivity index is 1.98. The lowest BCUT2D eigenvalue weighted by molar-refractivity contribution is 0.0600. The average molecular weight is 332 g/mol. The van der Waals surface area contributed by atoms with Crippen molar-refractivity contribution in [1.29, 1.82) is 0 Å². The highest BCUT2D eigenvalue weighted by atomic mass is 35.5. The molecule has 3 rings (SSSR count). The minimum Gasteiger partial charge on any atom is -0.508 e. The Morgan fingerprint density at radius 2 is 2.13 bits per heavy atom. The van der Waals surface area contributed by atoms with Crippen molar-refractivity contribution in [3.8, 4) is 5.75 Å². The van der Waals surface area contributed by atoms with Crippen LogP contribution in [0.15, 0.2) is 36.4 Å². The summed E-state index contributed by atoms with van der Waals surface area (Å²) in [6.07, 6.45) is 1.70. The highest BCUT2D eigenvalue weighted by Gasteiger charge is 2.27. The van der Waals surface area contributed by atoms with E-state index in [-0.39, 0.29) is 17.8 Å². The summed E-state index contributed by atoms with van der Waals surface area (Å²) in [4.78, 5) is 13.8. The molecule has 0 saturated carbocycles. The van der Waals surface area contributed by atoms with E-state index in [1.54, 1.807) is 18.2 Å². The van der Waals surface area contributed by atoms with E-state index in [9.17, 15) is 9.90 Å². The number of phenols is 1. The molecule has 0 bridgehead atoms. The van der Waals surface area contributed by atoms with Gasteiger partial charge in [-0.1, -0.05) is 23.7 Å². The minimum absolute atomic E-state index is 0.120. The van der Waals surface area contributed by atoms with Crippen LogP contribution in [0.3, 0.4) is 0 Å². The molecule has 2 aromatic rings. The Labute approximate surface area is 140 Å². The van der Waals surface area contributed by atoms with Gasteiger partial charge in [0.1, 0.15) is 5.75 Å². The Morgan fingerprint density at radius 1 is 1.35 bits per heavy atom. The smallest absolute Gasteiger partial charge is 0.337 e. The molecular formula is C18H18ClNO3. The molecule has 1 N–H and O–H groups in total. The first-order valence-corrected chi connectivity index (χ1v) is 7.81. The van der Waals surface area contributed by atoms with Crippen LogP contribution < -0.4 is 4.90 Å². The Morgan fingerprint density at radius 3 is 2.87 bits per heavy atom. The molecule has 0 spiro atoms. The van der Waals surface area contributed by atoms with Crippen molar-refractivity contribution in [2.24, 2.45) is 0 Å². The second-order valence-corrected chi connectivity index (χ2v) is 6.12. The Bertz CT molecular complexity index is 760. The summed E-state index contributed by atoms with van der Waals surface area (Å²) in [7, 11) is 3.36. The number of phenolic OH excluding ortho intramolecular Hbond substituents is 1. The lowest BCUT2D eigenvalue weighted by Gasteiger charge is -2.37. The first-order valence-electron chi connectivity index (χ1n) is 7.43. The lowest BCUT2D eigenvalue weighted by Crippen LogP contribution is -2.29. The van der Waals surface area contributed by atoms with Crippen molar-refractivity contribution < 1.29 is 14.6 Å². The third kappa shape index (κ3) is 2.86. The quantitative estimate of drug-likeness (QED) is 0.846. The van der Waals surface area contributed by atoms with Gasteiger partial charge in [-0.25, -0.2) is 4.79 Å². The number of fused-ring (bicyclic) bond motifs is 1. The van der Waals surface area contributed by atoms with Gasteiger partial charge < -0.3 is 14.7 Å². The van der Waals surface area contributed by atoms with Gasteiger partial charge in [-0.2, -0.15) is 0 Å². The van der Waals surface area contributed by atoms with E-state index in [1.807, 2.05) is 25.2 Å². The van der Waals surface area contributed by atoms with Gasteiger partial charge in [-0.15, -0.1) is 0 Å². The number of carbonyl (C=O) groups excluding carboxylic acids is 1. The highest BCUT2D eigenvalue weighted by Crippen LogP contribution is 2.43. The summed E-state index contributed by atoms with van der Waals surface area (Å²) in [5, 5.41) is 10.2. The molecule has 1 aliphatic heterocycles. The van der Waals surface area contributed by atoms with E-state index in [0.29, 0.717) is 10.6 Å². The number of hydrogen-bond donors (Lipinski definition) is 1. The predicted molar refractivity (Wildman–Crippen MR) is 90.4 cm³/mol. The van der Waals surface area contributed by atoms with E-state index in [2.05, 4.69) is 4.90 Å². The van der Waals surface area contributed by atoms with Crippen LogP contribution in [-0.2, 0) is 11.2 Å². The zero-order valence-electron chi connectivity index (χ0n) is 13.0. The molecule has 1 atom stereocenters. The number of anilines is 1. The van der Waals surface area contributed by atoms with Gasteiger partial charge in [-0.3, -0.25) is 0 Å². The lowest BCUT2D eigenvalue weighted by atomic mass is 9.91. The van der Waals surface area contributed by atoms with E-state index < -0.39 is 0 Å². The summed E-state index contributed by atoms with van der Waals surface area (Å²) in [6.45, 7) is 0. The van der Waals surface area contributed by atoms with E-state index in [0.717, 1.165) is 29.7 Å². The van der Waals surface area contributed by atoms with Crippen molar-refractivity contribution in [1.82, 2.24) is 0 Å². The van der Waals surface area contributed by atoms with Gasteiger partial charge in [0.05, 0.1) is 29.4 Å². The van der Waals surface area contributed by atoms with Gasteiger partial charge in [0.25, 0.3) is 0 Å². The number of ether oxygens (including phenoxy) is 1. The topological polar surface area (TPSA) is 49.8 Å². The molecule has 0 amide bonds. The van der Waals surface area contributed by atoms with Crippen molar-refractivity contribution in [3.63, 3.8) is 0 Å². The fraction of sp³-hybridized carbons (Fsp3) is 0.278. The maximum Gasteiger partial charge on any atom is 0.337 e. The van der Waals surface area contributed by atoms with E-state index >= 15 is 0 Å².